The Bertz CT molecular complexity index is 1450. The van der Waals surface area contributed by atoms with E-state index >= 15 is 0 Å². The standard InChI is InChI=1S/C28H22N4O5/c33-31(34)22-14-10-20(11-15-22)26-27(21-12-16-23(17-13-21)32(35)36)30-28(29-26)24-8-4-5-9-25(24)37-18-19-6-2-1-3-7-19/h1-17,26-27H,18H2,(H,29,30). The first-order valence-corrected chi connectivity index (χ1v) is 11.6. The number of nitro groups is 2. The van der Waals surface area contributed by atoms with Crippen LogP contribution in [0.4, 0.5) is 11.4 Å². The number of aliphatic imine (C=N–C) groups is 1. The van der Waals surface area contributed by atoms with E-state index in [2.05, 4.69) is 5.32 Å². The van der Waals surface area contributed by atoms with Crippen molar-refractivity contribution in [1.29, 1.82) is 0 Å². The Morgan fingerprint density at radius 3 is 1.92 bits per heavy atom. The molecule has 0 spiro atoms. The van der Waals surface area contributed by atoms with Gasteiger partial charge in [-0.15, -0.1) is 0 Å². The molecule has 0 radical (unpaired) electrons. The minimum Gasteiger partial charge on any atom is -0.488 e. The number of amidine groups is 1. The average Bonchev–Trinajstić information content (AvgIpc) is 3.38. The lowest BCUT2D eigenvalue weighted by Gasteiger charge is -2.20. The Labute approximate surface area is 212 Å². The highest BCUT2D eigenvalue weighted by Crippen LogP contribution is 2.39. The number of non-ortho nitro benzene ring substituents is 2. The summed E-state index contributed by atoms with van der Waals surface area (Å²) in [7, 11) is 0. The first-order valence-electron chi connectivity index (χ1n) is 11.6. The molecular weight excluding hydrogens is 472 g/mol. The molecule has 0 saturated heterocycles. The molecule has 0 saturated carbocycles. The monoisotopic (exact) mass is 494 g/mol. The van der Waals surface area contributed by atoms with Crippen molar-refractivity contribution in [1.82, 2.24) is 5.32 Å². The molecule has 1 aliphatic rings. The van der Waals surface area contributed by atoms with Gasteiger partial charge in [0.25, 0.3) is 11.4 Å². The summed E-state index contributed by atoms with van der Waals surface area (Å²) >= 11 is 0. The molecule has 0 fully saturated rings. The smallest absolute Gasteiger partial charge is 0.269 e. The van der Waals surface area contributed by atoms with E-state index in [1.807, 2.05) is 54.6 Å². The average molecular weight is 495 g/mol. The summed E-state index contributed by atoms with van der Waals surface area (Å²) in [5, 5.41) is 25.7. The van der Waals surface area contributed by atoms with Gasteiger partial charge in [-0.3, -0.25) is 25.2 Å². The third-order valence-electron chi connectivity index (χ3n) is 6.16. The molecule has 37 heavy (non-hydrogen) atoms. The molecule has 1 N–H and O–H groups in total. The Balaban J connectivity index is 1.49. The SMILES string of the molecule is O=[N+]([O-])c1ccc(C2N=C(c3ccccc3OCc3ccccc3)NC2c2ccc([N+](=O)[O-])cc2)cc1. The topological polar surface area (TPSA) is 120 Å². The van der Waals surface area contributed by atoms with Crippen LogP contribution in [-0.4, -0.2) is 15.7 Å². The summed E-state index contributed by atoms with van der Waals surface area (Å²) in [5.41, 5.74) is 3.37. The van der Waals surface area contributed by atoms with Gasteiger partial charge in [-0.1, -0.05) is 54.6 Å². The lowest BCUT2D eigenvalue weighted by atomic mass is 9.94. The van der Waals surface area contributed by atoms with Crippen LogP contribution in [-0.2, 0) is 6.61 Å². The molecule has 2 atom stereocenters. The fraction of sp³-hybridized carbons (Fsp3) is 0.107. The van der Waals surface area contributed by atoms with Gasteiger partial charge in [0.1, 0.15) is 24.2 Å². The van der Waals surface area contributed by atoms with Gasteiger partial charge in [0.05, 0.1) is 21.5 Å². The maximum Gasteiger partial charge on any atom is 0.269 e. The van der Waals surface area contributed by atoms with Crippen molar-refractivity contribution >= 4 is 17.2 Å². The van der Waals surface area contributed by atoms with Crippen molar-refractivity contribution in [2.45, 2.75) is 18.7 Å². The van der Waals surface area contributed by atoms with Gasteiger partial charge in [0.15, 0.2) is 0 Å². The molecule has 0 bridgehead atoms. The van der Waals surface area contributed by atoms with E-state index in [4.69, 9.17) is 9.73 Å². The fourth-order valence-electron chi connectivity index (χ4n) is 4.28. The lowest BCUT2D eigenvalue weighted by Crippen LogP contribution is -2.25. The van der Waals surface area contributed by atoms with E-state index in [9.17, 15) is 20.2 Å². The van der Waals surface area contributed by atoms with E-state index in [0.717, 1.165) is 22.3 Å². The van der Waals surface area contributed by atoms with Crippen LogP contribution < -0.4 is 10.1 Å². The predicted molar refractivity (Wildman–Crippen MR) is 139 cm³/mol. The minimum absolute atomic E-state index is 0.00516. The Morgan fingerprint density at radius 1 is 0.730 bits per heavy atom. The van der Waals surface area contributed by atoms with E-state index in [1.165, 1.54) is 24.3 Å². The fourth-order valence-corrected chi connectivity index (χ4v) is 4.28. The van der Waals surface area contributed by atoms with Crippen molar-refractivity contribution in [3.8, 4) is 5.75 Å². The largest absolute Gasteiger partial charge is 0.488 e. The van der Waals surface area contributed by atoms with Crippen LogP contribution in [0.2, 0.25) is 0 Å². The minimum atomic E-state index is -0.445. The number of hydrogen-bond acceptors (Lipinski definition) is 7. The van der Waals surface area contributed by atoms with Crippen molar-refractivity contribution in [2.75, 3.05) is 0 Å². The van der Waals surface area contributed by atoms with Gasteiger partial charge in [0.2, 0.25) is 0 Å². The maximum absolute atomic E-state index is 11.1. The third kappa shape index (κ3) is 5.15. The third-order valence-corrected chi connectivity index (χ3v) is 6.16. The first-order chi connectivity index (χ1) is 18.0. The summed E-state index contributed by atoms with van der Waals surface area (Å²) in [5.74, 6) is 1.26. The Kier molecular flexibility index (Phi) is 6.58. The second-order valence-corrected chi connectivity index (χ2v) is 8.51. The van der Waals surface area contributed by atoms with Crippen LogP contribution in [0, 0.1) is 20.2 Å². The number of rotatable bonds is 8. The number of ether oxygens (including phenoxy) is 1. The highest BCUT2D eigenvalue weighted by molar-refractivity contribution is 6.02. The first kappa shape index (κ1) is 23.7. The van der Waals surface area contributed by atoms with Crippen LogP contribution in [0.5, 0.6) is 5.75 Å². The summed E-state index contributed by atoms with van der Waals surface area (Å²) in [6.45, 7) is 0.392. The highest BCUT2D eigenvalue weighted by atomic mass is 16.6. The van der Waals surface area contributed by atoms with Crippen LogP contribution in [0.25, 0.3) is 0 Å². The number of hydrogen-bond donors (Lipinski definition) is 1. The molecule has 4 aromatic carbocycles. The second-order valence-electron chi connectivity index (χ2n) is 8.51. The van der Waals surface area contributed by atoms with Gasteiger partial charge in [-0.25, -0.2) is 0 Å². The van der Waals surface area contributed by atoms with Crippen LogP contribution in [0.1, 0.15) is 34.3 Å². The number of para-hydroxylation sites is 1. The normalized spacial score (nSPS) is 16.5. The number of nitrogens with one attached hydrogen (secondary N) is 1. The molecule has 2 unspecified atom stereocenters. The van der Waals surface area contributed by atoms with Gasteiger partial charge < -0.3 is 10.1 Å². The van der Waals surface area contributed by atoms with Gasteiger partial charge >= 0.3 is 0 Å². The van der Waals surface area contributed by atoms with Crippen LogP contribution >= 0.6 is 0 Å². The van der Waals surface area contributed by atoms with Crippen LogP contribution in [0.15, 0.2) is 108 Å². The molecule has 0 aromatic heterocycles. The summed E-state index contributed by atoms with van der Waals surface area (Å²) in [6, 6.07) is 29.2. The van der Waals surface area contributed by atoms with E-state index < -0.39 is 15.9 Å². The molecule has 5 rings (SSSR count). The molecular formula is C28H22N4O5. The quantitative estimate of drug-likeness (QED) is 0.240. The maximum atomic E-state index is 11.1. The Hall–Kier alpha value is -5.05. The molecule has 4 aromatic rings. The van der Waals surface area contributed by atoms with Crippen LogP contribution in [0.3, 0.4) is 0 Å². The van der Waals surface area contributed by atoms with Gasteiger partial charge in [-0.05, 0) is 41.0 Å². The zero-order valence-electron chi connectivity index (χ0n) is 19.6. The summed E-state index contributed by atoms with van der Waals surface area (Å²) < 4.78 is 6.13. The second kappa shape index (κ2) is 10.3. The number of nitro benzene ring substituents is 2. The van der Waals surface area contributed by atoms with E-state index in [0.29, 0.717) is 18.2 Å². The Morgan fingerprint density at radius 2 is 1.30 bits per heavy atom. The summed E-state index contributed by atoms with van der Waals surface area (Å²) in [4.78, 5) is 26.4. The zero-order chi connectivity index (χ0) is 25.8. The molecule has 0 amide bonds. The summed E-state index contributed by atoms with van der Waals surface area (Å²) in [6.07, 6.45) is 0. The van der Waals surface area contributed by atoms with Crippen molar-refractivity contribution in [3.63, 3.8) is 0 Å². The molecule has 9 nitrogen and oxygen atoms in total. The highest BCUT2D eigenvalue weighted by Gasteiger charge is 2.33. The molecule has 0 aliphatic carbocycles. The van der Waals surface area contributed by atoms with Gasteiger partial charge in [-0.2, -0.15) is 0 Å². The molecule has 9 heteroatoms. The lowest BCUT2D eigenvalue weighted by molar-refractivity contribution is -0.385. The van der Waals surface area contributed by atoms with Crippen molar-refractivity contribution < 1.29 is 14.6 Å². The van der Waals surface area contributed by atoms with Crippen molar-refractivity contribution in [2.24, 2.45) is 4.99 Å². The predicted octanol–water partition coefficient (Wildman–Crippen LogP) is 5.91. The molecule has 1 heterocycles. The number of benzene rings is 4. The zero-order valence-corrected chi connectivity index (χ0v) is 19.6. The van der Waals surface area contributed by atoms with E-state index in [1.54, 1.807) is 24.3 Å². The van der Waals surface area contributed by atoms with E-state index in [-0.39, 0.29) is 17.4 Å². The van der Waals surface area contributed by atoms with Gasteiger partial charge in [0, 0.05) is 24.3 Å². The molecule has 184 valence electrons. The molecule has 1 aliphatic heterocycles. The van der Waals surface area contributed by atoms with Crippen molar-refractivity contribution in [3.05, 3.63) is 146 Å². The number of nitrogens with zero attached hydrogens (tertiary/aromatic N) is 3.